The first kappa shape index (κ1) is 19.1. The molecule has 4 N–H and O–H groups in total. The highest BCUT2D eigenvalue weighted by molar-refractivity contribution is 6.10. The van der Waals surface area contributed by atoms with E-state index in [2.05, 4.69) is 25.9 Å². The van der Waals surface area contributed by atoms with E-state index >= 15 is 0 Å². The summed E-state index contributed by atoms with van der Waals surface area (Å²) in [5.41, 5.74) is 2.61. The normalized spacial score (nSPS) is 14.6. The predicted molar refractivity (Wildman–Crippen MR) is 113 cm³/mol. The van der Waals surface area contributed by atoms with Crippen LogP contribution in [0, 0.1) is 5.92 Å². The van der Waals surface area contributed by atoms with E-state index in [0.717, 1.165) is 32.4 Å². The number of piperidine rings is 1. The van der Waals surface area contributed by atoms with E-state index in [1.807, 2.05) is 18.2 Å². The molecule has 150 valence electrons. The van der Waals surface area contributed by atoms with Crippen LogP contribution in [0.5, 0.6) is 0 Å². The Morgan fingerprint density at radius 1 is 1.03 bits per heavy atom. The number of aromatic amines is 1. The van der Waals surface area contributed by atoms with Gasteiger partial charge in [-0.25, -0.2) is 9.78 Å². The van der Waals surface area contributed by atoms with E-state index in [1.165, 1.54) is 0 Å². The third-order valence-corrected chi connectivity index (χ3v) is 5.31. The van der Waals surface area contributed by atoms with Gasteiger partial charge < -0.3 is 15.6 Å². The van der Waals surface area contributed by atoms with Crippen LogP contribution in [0.15, 0.2) is 48.5 Å². The Balaban J connectivity index is 1.36. The number of amides is 2. The molecule has 1 fully saturated rings. The summed E-state index contributed by atoms with van der Waals surface area (Å²) in [6, 6.07) is 14.2. The maximum absolute atomic E-state index is 12.6. The molecule has 1 aromatic heterocycles. The summed E-state index contributed by atoms with van der Waals surface area (Å²) in [7, 11) is 0. The van der Waals surface area contributed by atoms with Crippen LogP contribution in [0.3, 0.4) is 0 Å². The van der Waals surface area contributed by atoms with E-state index in [0.29, 0.717) is 40.6 Å². The minimum Gasteiger partial charge on any atom is -0.338 e. The van der Waals surface area contributed by atoms with Crippen molar-refractivity contribution >= 4 is 28.8 Å². The number of fused-ring (bicyclic) bond motifs is 1. The highest BCUT2D eigenvalue weighted by atomic mass is 16.2. The van der Waals surface area contributed by atoms with Crippen LogP contribution >= 0.6 is 0 Å². The number of urea groups is 1. The lowest BCUT2D eigenvalue weighted by atomic mass is 9.95. The van der Waals surface area contributed by atoms with E-state index in [9.17, 15) is 9.59 Å². The van der Waals surface area contributed by atoms with Crippen LogP contribution in [0.25, 0.3) is 11.0 Å². The topological polar surface area (TPSA) is 98.9 Å². The molecule has 0 atom stereocenters. The number of nitrogens with zero attached hydrogens (tertiary/aromatic N) is 1. The van der Waals surface area contributed by atoms with Gasteiger partial charge in [0.15, 0.2) is 5.78 Å². The zero-order valence-electron chi connectivity index (χ0n) is 16.2. The quantitative estimate of drug-likeness (QED) is 0.485. The van der Waals surface area contributed by atoms with Crippen LogP contribution in [0.4, 0.5) is 10.7 Å². The molecule has 0 bridgehead atoms. The van der Waals surface area contributed by atoms with Crippen molar-refractivity contribution in [1.29, 1.82) is 0 Å². The molecular formula is C22H25N5O2. The number of hydrogen-bond donors (Lipinski definition) is 4. The van der Waals surface area contributed by atoms with Gasteiger partial charge in [-0.1, -0.05) is 30.3 Å². The first-order valence-electron chi connectivity index (χ1n) is 10.0. The van der Waals surface area contributed by atoms with Gasteiger partial charge in [0.1, 0.15) is 0 Å². The van der Waals surface area contributed by atoms with Crippen LogP contribution in [0.2, 0.25) is 0 Å². The van der Waals surface area contributed by atoms with Crippen molar-refractivity contribution in [3.63, 3.8) is 0 Å². The van der Waals surface area contributed by atoms with E-state index in [-0.39, 0.29) is 11.8 Å². The average molecular weight is 391 g/mol. The van der Waals surface area contributed by atoms with Gasteiger partial charge in [0, 0.05) is 17.7 Å². The second-order valence-electron chi connectivity index (χ2n) is 7.38. The van der Waals surface area contributed by atoms with Gasteiger partial charge in [-0.3, -0.25) is 10.1 Å². The second kappa shape index (κ2) is 8.87. The second-order valence-corrected chi connectivity index (χ2v) is 7.38. The number of anilines is 1. The van der Waals surface area contributed by atoms with Gasteiger partial charge in [0.05, 0.1) is 11.0 Å². The maximum atomic E-state index is 12.6. The lowest BCUT2D eigenvalue weighted by Crippen LogP contribution is -2.33. The van der Waals surface area contributed by atoms with Crippen molar-refractivity contribution in [3.05, 3.63) is 59.7 Å². The van der Waals surface area contributed by atoms with Gasteiger partial charge in [-0.05, 0) is 56.5 Å². The fourth-order valence-electron chi connectivity index (χ4n) is 3.68. The number of rotatable bonds is 6. The molecule has 1 aliphatic rings. The monoisotopic (exact) mass is 391 g/mol. The van der Waals surface area contributed by atoms with Crippen molar-refractivity contribution < 1.29 is 9.59 Å². The highest BCUT2D eigenvalue weighted by Gasteiger charge is 2.14. The van der Waals surface area contributed by atoms with Crippen LogP contribution < -0.4 is 16.0 Å². The molecule has 0 radical (unpaired) electrons. The molecule has 2 heterocycles. The number of aromatic nitrogens is 2. The first-order valence-corrected chi connectivity index (χ1v) is 10.0. The number of benzene rings is 2. The summed E-state index contributed by atoms with van der Waals surface area (Å²) < 4.78 is 0. The van der Waals surface area contributed by atoms with Crippen molar-refractivity contribution in [2.75, 3.05) is 25.0 Å². The number of nitrogens with one attached hydrogen (secondary N) is 4. The average Bonchev–Trinajstić information content (AvgIpc) is 3.16. The Morgan fingerprint density at radius 2 is 1.83 bits per heavy atom. The van der Waals surface area contributed by atoms with Gasteiger partial charge in [0.2, 0.25) is 5.95 Å². The molecular weight excluding hydrogens is 366 g/mol. The Kier molecular flexibility index (Phi) is 5.86. The zero-order valence-corrected chi connectivity index (χ0v) is 16.2. The standard InChI is InChI=1S/C22H25N5O2/c28-20(16-4-2-1-3-5-16)17-6-7-18-19(14-17)26-21(25-18)27-22(29)24-13-10-15-8-11-23-12-9-15/h1-7,14-15,23H,8-13H2,(H3,24,25,26,27,29). The molecule has 0 spiro atoms. The molecule has 7 heteroatoms. The van der Waals surface area contributed by atoms with E-state index < -0.39 is 0 Å². The van der Waals surface area contributed by atoms with Gasteiger partial charge in [-0.15, -0.1) is 0 Å². The van der Waals surface area contributed by atoms with Crippen LogP contribution in [-0.4, -0.2) is 41.4 Å². The molecule has 7 nitrogen and oxygen atoms in total. The predicted octanol–water partition coefficient (Wildman–Crippen LogP) is 3.31. The van der Waals surface area contributed by atoms with Crippen LogP contribution in [0.1, 0.15) is 35.2 Å². The summed E-state index contributed by atoms with van der Waals surface area (Å²) in [6.07, 6.45) is 3.31. The summed E-state index contributed by atoms with van der Waals surface area (Å²) in [5, 5.41) is 8.97. The fraction of sp³-hybridized carbons (Fsp3) is 0.318. The molecule has 4 rings (SSSR count). The van der Waals surface area contributed by atoms with Gasteiger partial charge >= 0.3 is 6.03 Å². The number of ketones is 1. The first-order chi connectivity index (χ1) is 14.2. The third-order valence-electron chi connectivity index (χ3n) is 5.31. The largest absolute Gasteiger partial charge is 0.338 e. The number of H-pyrrole nitrogens is 1. The van der Waals surface area contributed by atoms with Crippen molar-refractivity contribution in [2.45, 2.75) is 19.3 Å². The molecule has 1 saturated heterocycles. The van der Waals surface area contributed by atoms with E-state index in [1.54, 1.807) is 30.3 Å². The lowest BCUT2D eigenvalue weighted by molar-refractivity contribution is 0.103. The van der Waals surface area contributed by atoms with Gasteiger partial charge in [0.25, 0.3) is 0 Å². The Bertz CT molecular complexity index is 993. The molecule has 2 amide bonds. The molecule has 3 aromatic rings. The van der Waals surface area contributed by atoms with Crippen LogP contribution in [-0.2, 0) is 0 Å². The number of hydrogen-bond acceptors (Lipinski definition) is 4. The minimum atomic E-state index is -0.279. The fourth-order valence-corrected chi connectivity index (χ4v) is 3.68. The number of carbonyl (C=O) groups is 2. The number of imidazole rings is 1. The summed E-state index contributed by atoms with van der Waals surface area (Å²) in [6.45, 7) is 2.77. The Labute approximate surface area is 169 Å². The molecule has 0 saturated carbocycles. The third kappa shape index (κ3) is 4.81. The highest BCUT2D eigenvalue weighted by Crippen LogP contribution is 2.19. The molecule has 2 aromatic carbocycles. The van der Waals surface area contributed by atoms with Crippen molar-refractivity contribution in [3.8, 4) is 0 Å². The Morgan fingerprint density at radius 3 is 2.62 bits per heavy atom. The van der Waals surface area contributed by atoms with Crippen molar-refractivity contribution in [2.24, 2.45) is 5.92 Å². The molecule has 0 unspecified atom stereocenters. The van der Waals surface area contributed by atoms with Crippen molar-refractivity contribution in [1.82, 2.24) is 20.6 Å². The summed E-state index contributed by atoms with van der Waals surface area (Å²) >= 11 is 0. The molecule has 29 heavy (non-hydrogen) atoms. The molecule has 1 aliphatic heterocycles. The van der Waals surface area contributed by atoms with Gasteiger partial charge in [-0.2, -0.15) is 0 Å². The molecule has 0 aliphatic carbocycles. The Hall–Kier alpha value is -3.19. The lowest BCUT2D eigenvalue weighted by Gasteiger charge is -2.22. The SMILES string of the molecule is O=C(NCCC1CCNCC1)Nc1nc2ccc(C(=O)c3ccccc3)cc2[nH]1. The van der Waals surface area contributed by atoms with E-state index in [4.69, 9.17) is 0 Å². The zero-order chi connectivity index (χ0) is 20.1. The minimum absolute atomic E-state index is 0.0488. The smallest absolute Gasteiger partial charge is 0.321 e. The number of carbonyl (C=O) groups excluding carboxylic acids is 2. The summed E-state index contributed by atoms with van der Waals surface area (Å²) in [5.74, 6) is 0.985. The maximum Gasteiger partial charge on any atom is 0.321 e. The summed E-state index contributed by atoms with van der Waals surface area (Å²) in [4.78, 5) is 32.2.